The smallest absolute Gasteiger partial charge is 0.259 e. The van der Waals surface area contributed by atoms with E-state index in [1.807, 2.05) is 24.3 Å². The second-order valence-corrected chi connectivity index (χ2v) is 7.70. The molecule has 2 amide bonds. The Kier molecular flexibility index (Phi) is 4.56. The molecule has 3 aliphatic heterocycles. The van der Waals surface area contributed by atoms with Gasteiger partial charge in [-0.05, 0) is 24.1 Å². The van der Waals surface area contributed by atoms with Gasteiger partial charge in [-0.15, -0.1) is 0 Å². The first-order valence-electron chi connectivity index (χ1n) is 10.1. The molecule has 0 N–H and O–H groups in total. The number of carbonyl (C=O) groups is 2. The number of rotatable bonds is 2. The minimum absolute atomic E-state index is 0.109. The molecule has 7 heteroatoms. The van der Waals surface area contributed by atoms with E-state index >= 15 is 0 Å². The van der Waals surface area contributed by atoms with Crippen molar-refractivity contribution in [1.29, 1.82) is 0 Å². The monoisotopic (exact) mass is 393 g/mol. The van der Waals surface area contributed by atoms with Crippen molar-refractivity contribution in [3.63, 3.8) is 0 Å². The normalized spacial score (nSPS) is 20.1. The summed E-state index contributed by atoms with van der Waals surface area (Å²) in [6.07, 6.45) is 5.23. The molecule has 1 aromatic carbocycles. The van der Waals surface area contributed by atoms with Crippen molar-refractivity contribution in [3.8, 4) is 0 Å². The van der Waals surface area contributed by atoms with Crippen LogP contribution in [0.2, 0.25) is 0 Å². The van der Waals surface area contributed by atoms with E-state index in [4.69, 9.17) is 9.47 Å². The summed E-state index contributed by atoms with van der Waals surface area (Å²) in [6, 6.07) is 9.58. The first-order chi connectivity index (χ1) is 14.2. The quantitative estimate of drug-likeness (QED) is 0.783. The molecule has 1 spiro atoms. The number of fused-ring (bicyclic) bond motifs is 1. The van der Waals surface area contributed by atoms with Gasteiger partial charge in [0, 0.05) is 50.6 Å². The van der Waals surface area contributed by atoms with Crippen LogP contribution in [0.4, 0.5) is 5.69 Å². The van der Waals surface area contributed by atoms with Crippen LogP contribution in [0.25, 0.3) is 0 Å². The van der Waals surface area contributed by atoms with Gasteiger partial charge in [0.25, 0.3) is 11.8 Å². The van der Waals surface area contributed by atoms with E-state index in [1.165, 1.54) is 18.0 Å². The molecule has 2 aromatic rings. The Morgan fingerprint density at radius 3 is 2.38 bits per heavy atom. The second-order valence-electron chi connectivity index (χ2n) is 7.70. The SMILES string of the molecule is O=C(c1cncc(C(=O)N2CCc3ccccc32)c1)N1CCC2(CC1)OCCO2. The maximum Gasteiger partial charge on any atom is 0.259 e. The summed E-state index contributed by atoms with van der Waals surface area (Å²) in [5, 5.41) is 0. The highest BCUT2D eigenvalue weighted by Gasteiger charge is 2.41. The maximum absolute atomic E-state index is 13.1. The van der Waals surface area contributed by atoms with Gasteiger partial charge >= 0.3 is 0 Å². The third kappa shape index (κ3) is 3.30. The lowest BCUT2D eigenvalue weighted by molar-refractivity contribution is -0.181. The Hall–Kier alpha value is -2.77. The average Bonchev–Trinajstić information content (AvgIpc) is 3.41. The minimum atomic E-state index is -0.518. The number of hydrogen-bond acceptors (Lipinski definition) is 5. The molecular weight excluding hydrogens is 370 g/mol. The summed E-state index contributed by atoms with van der Waals surface area (Å²) in [6.45, 7) is 3.00. The van der Waals surface area contributed by atoms with Crippen molar-refractivity contribution in [3.05, 3.63) is 59.4 Å². The molecule has 150 valence electrons. The molecule has 1 aromatic heterocycles. The number of anilines is 1. The zero-order chi connectivity index (χ0) is 19.8. The Balaban J connectivity index is 1.31. The van der Waals surface area contributed by atoms with Crippen LogP contribution in [-0.2, 0) is 15.9 Å². The highest BCUT2D eigenvalue weighted by molar-refractivity contribution is 6.08. The Bertz CT molecular complexity index is 945. The molecular formula is C22H23N3O4. The molecule has 0 aliphatic carbocycles. The van der Waals surface area contributed by atoms with Crippen molar-refractivity contribution in [2.45, 2.75) is 25.0 Å². The van der Waals surface area contributed by atoms with Crippen LogP contribution in [0.5, 0.6) is 0 Å². The van der Waals surface area contributed by atoms with Crippen molar-refractivity contribution >= 4 is 17.5 Å². The Morgan fingerprint density at radius 1 is 0.931 bits per heavy atom. The molecule has 0 unspecified atom stereocenters. The summed E-state index contributed by atoms with van der Waals surface area (Å²) in [4.78, 5) is 33.8. The summed E-state index contributed by atoms with van der Waals surface area (Å²) >= 11 is 0. The molecule has 0 atom stereocenters. The number of likely N-dealkylation sites (tertiary alicyclic amines) is 1. The van der Waals surface area contributed by atoms with Crippen molar-refractivity contribution in [2.75, 3.05) is 37.7 Å². The number of benzene rings is 1. The first-order valence-corrected chi connectivity index (χ1v) is 10.1. The lowest BCUT2D eigenvalue weighted by Gasteiger charge is -2.37. The highest BCUT2D eigenvalue weighted by Crippen LogP contribution is 2.32. The molecule has 3 aliphatic rings. The topological polar surface area (TPSA) is 72.0 Å². The van der Waals surface area contributed by atoms with Gasteiger partial charge in [-0.1, -0.05) is 18.2 Å². The number of carbonyl (C=O) groups excluding carboxylic acids is 2. The number of aromatic nitrogens is 1. The molecule has 2 saturated heterocycles. The fourth-order valence-electron chi connectivity index (χ4n) is 4.40. The third-order valence-electron chi connectivity index (χ3n) is 5.99. The number of pyridine rings is 1. The molecule has 0 bridgehead atoms. The summed E-state index contributed by atoms with van der Waals surface area (Å²) in [7, 11) is 0. The standard InChI is InChI=1S/C22H23N3O4/c26-20(24-9-6-22(7-10-24)28-11-12-29-22)17-13-18(15-23-14-17)21(27)25-8-5-16-3-1-2-4-19(16)25/h1-4,13-15H,5-12H2. The number of para-hydroxylation sites is 1. The van der Waals surface area contributed by atoms with Gasteiger partial charge in [0.05, 0.1) is 24.3 Å². The van der Waals surface area contributed by atoms with E-state index in [1.54, 1.807) is 15.9 Å². The summed E-state index contributed by atoms with van der Waals surface area (Å²) in [5.41, 5.74) is 2.97. The Morgan fingerprint density at radius 2 is 1.62 bits per heavy atom. The van der Waals surface area contributed by atoms with E-state index in [0.29, 0.717) is 56.8 Å². The third-order valence-corrected chi connectivity index (χ3v) is 5.99. The molecule has 4 heterocycles. The number of hydrogen-bond donors (Lipinski definition) is 0. The van der Waals surface area contributed by atoms with Crippen molar-refractivity contribution < 1.29 is 19.1 Å². The van der Waals surface area contributed by atoms with E-state index in [0.717, 1.165) is 12.1 Å². The second kappa shape index (κ2) is 7.24. The molecule has 29 heavy (non-hydrogen) atoms. The fraction of sp³-hybridized carbons (Fsp3) is 0.409. The lowest BCUT2D eigenvalue weighted by atomic mass is 10.0. The summed E-state index contributed by atoms with van der Waals surface area (Å²) < 4.78 is 11.5. The van der Waals surface area contributed by atoms with E-state index < -0.39 is 5.79 Å². The number of ether oxygens (including phenoxy) is 2. The number of nitrogens with zero attached hydrogens (tertiary/aromatic N) is 3. The zero-order valence-electron chi connectivity index (χ0n) is 16.2. The van der Waals surface area contributed by atoms with Gasteiger partial charge in [-0.25, -0.2) is 0 Å². The summed E-state index contributed by atoms with van der Waals surface area (Å²) in [5.74, 6) is -0.750. The molecule has 0 radical (unpaired) electrons. The fourth-order valence-corrected chi connectivity index (χ4v) is 4.40. The average molecular weight is 393 g/mol. The van der Waals surface area contributed by atoms with Gasteiger partial charge in [0.15, 0.2) is 5.79 Å². The van der Waals surface area contributed by atoms with Crippen LogP contribution in [0.1, 0.15) is 39.1 Å². The number of amides is 2. The van der Waals surface area contributed by atoms with Gasteiger partial charge < -0.3 is 19.3 Å². The first kappa shape index (κ1) is 18.3. The Labute approximate surface area is 169 Å². The molecule has 2 fully saturated rings. The predicted molar refractivity (Wildman–Crippen MR) is 106 cm³/mol. The van der Waals surface area contributed by atoms with Gasteiger partial charge in [0.1, 0.15) is 0 Å². The van der Waals surface area contributed by atoms with Gasteiger partial charge in [-0.3, -0.25) is 14.6 Å². The molecule has 7 nitrogen and oxygen atoms in total. The minimum Gasteiger partial charge on any atom is -0.347 e. The largest absolute Gasteiger partial charge is 0.347 e. The van der Waals surface area contributed by atoms with E-state index in [-0.39, 0.29) is 11.8 Å². The van der Waals surface area contributed by atoms with Crippen molar-refractivity contribution in [1.82, 2.24) is 9.88 Å². The van der Waals surface area contributed by atoms with Crippen LogP contribution in [0.15, 0.2) is 42.7 Å². The van der Waals surface area contributed by atoms with Crippen molar-refractivity contribution in [2.24, 2.45) is 0 Å². The lowest BCUT2D eigenvalue weighted by Crippen LogP contribution is -2.47. The molecule has 5 rings (SSSR count). The van der Waals surface area contributed by atoms with Gasteiger partial charge in [-0.2, -0.15) is 0 Å². The predicted octanol–water partition coefficient (Wildman–Crippen LogP) is 2.26. The zero-order valence-corrected chi connectivity index (χ0v) is 16.2. The van der Waals surface area contributed by atoms with Crippen LogP contribution < -0.4 is 4.90 Å². The van der Waals surface area contributed by atoms with Crippen LogP contribution in [-0.4, -0.2) is 60.3 Å². The number of piperidine rings is 1. The maximum atomic E-state index is 13.1. The van der Waals surface area contributed by atoms with Gasteiger partial charge in [0.2, 0.25) is 0 Å². The van der Waals surface area contributed by atoms with Crippen LogP contribution in [0.3, 0.4) is 0 Å². The molecule has 0 saturated carbocycles. The van der Waals surface area contributed by atoms with E-state index in [9.17, 15) is 9.59 Å². The highest BCUT2D eigenvalue weighted by atomic mass is 16.7. The van der Waals surface area contributed by atoms with E-state index in [2.05, 4.69) is 4.98 Å². The van der Waals surface area contributed by atoms with Crippen LogP contribution >= 0.6 is 0 Å². The van der Waals surface area contributed by atoms with Crippen LogP contribution in [0, 0.1) is 0 Å².